The summed E-state index contributed by atoms with van der Waals surface area (Å²) in [6.07, 6.45) is 5.41. The number of piperidine rings is 1. The predicted octanol–water partition coefficient (Wildman–Crippen LogP) is 5.36. The van der Waals surface area contributed by atoms with Crippen molar-refractivity contribution in [3.05, 3.63) is 98.4 Å². The minimum Gasteiger partial charge on any atom is -0.378 e. The molecular formula is C28H30ClN3O. The Balaban J connectivity index is 1.39. The molecule has 2 aliphatic rings. The van der Waals surface area contributed by atoms with E-state index in [1.807, 2.05) is 34.9 Å². The first kappa shape index (κ1) is 22.0. The number of benzene rings is 2. The van der Waals surface area contributed by atoms with Gasteiger partial charge in [-0.3, -0.25) is 9.69 Å². The summed E-state index contributed by atoms with van der Waals surface area (Å²) in [6.45, 7) is 3.79. The summed E-state index contributed by atoms with van der Waals surface area (Å²) in [7, 11) is 4.14. The Morgan fingerprint density at radius 1 is 0.939 bits per heavy atom. The van der Waals surface area contributed by atoms with Crippen LogP contribution >= 0.6 is 11.6 Å². The smallest absolute Gasteiger partial charge is 0.250 e. The molecular weight excluding hydrogens is 430 g/mol. The van der Waals surface area contributed by atoms with Crippen molar-refractivity contribution in [2.24, 2.45) is 5.92 Å². The van der Waals surface area contributed by atoms with Crippen molar-refractivity contribution in [3.63, 3.8) is 0 Å². The van der Waals surface area contributed by atoms with Crippen molar-refractivity contribution in [2.75, 3.05) is 32.1 Å². The third-order valence-electron chi connectivity index (χ3n) is 6.88. The number of nitrogens with zero attached hydrogens (tertiary/aromatic N) is 3. The fourth-order valence-electron chi connectivity index (χ4n) is 5.33. The molecule has 2 atom stereocenters. The second-order valence-electron chi connectivity index (χ2n) is 9.56. The summed E-state index contributed by atoms with van der Waals surface area (Å²) < 4.78 is 2.03. The van der Waals surface area contributed by atoms with Crippen LogP contribution in [0.3, 0.4) is 0 Å². The van der Waals surface area contributed by atoms with Crippen LogP contribution in [0.25, 0.3) is 12.2 Å². The van der Waals surface area contributed by atoms with E-state index >= 15 is 0 Å². The van der Waals surface area contributed by atoms with Crippen molar-refractivity contribution in [1.29, 1.82) is 0 Å². The molecule has 4 nitrogen and oxygen atoms in total. The zero-order valence-corrected chi connectivity index (χ0v) is 20.0. The lowest BCUT2D eigenvalue weighted by atomic mass is 9.81. The average Bonchev–Trinajstić information content (AvgIpc) is 2.80. The minimum atomic E-state index is 0.121. The Hall–Kier alpha value is -2.82. The van der Waals surface area contributed by atoms with E-state index in [1.165, 1.54) is 16.9 Å². The highest BCUT2D eigenvalue weighted by molar-refractivity contribution is 6.30. The molecule has 0 radical (unpaired) electrons. The summed E-state index contributed by atoms with van der Waals surface area (Å²) in [6, 6.07) is 20.4. The Morgan fingerprint density at radius 3 is 2.42 bits per heavy atom. The van der Waals surface area contributed by atoms with Gasteiger partial charge in [0.15, 0.2) is 0 Å². The SMILES string of the molecule is CN(C)c1ccc(CN2C[C@@H]3C[C@H](C2)c2c(/C=C/c4ccc(Cl)cc4)ccc(=O)n2C3)cc1. The Bertz CT molecular complexity index is 1210. The first-order chi connectivity index (χ1) is 16.0. The fraction of sp³-hybridized carbons (Fsp3) is 0.321. The zero-order valence-electron chi connectivity index (χ0n) is 19.2. The predicted molar refractivity (Wildman–Crippen MR) is 138 cm³/mol. The van der Waals surface area contributed by atoms with E-state index in [0.717, 1.165) is 48.7 Å². The van der Waals surface area contributed by atoms with Crippen LogP contribution in [0.15, 0.2) is 65.5 Å². The van der Waals surface area contributed by atoms with E-state index in [-0.39, 0.29) is 5.56 Å². The maximum atomic E-state index is 12.7. The maximum absolute atomic E-state index is 12.7. The molecule has 2 bridgehead atoms. The van der Waals surface area contributed by atoms with Gasteiger partial charge in [-0.25, -0.2) is 0 Å². The van der Waals surface area contributed by atoms with Crippen molar-refractivity contribution >= 4 is 29.4 Å². The average molecular weight is 460 g/mol. The largest absolute Gasteiger partial charge is 0.378 e. The topological polar surface area (TPSA) is 28.5 Å². The summed E-state index contributed by atoms with van der Waals surface area (Å²) in [4.78, 5) is 17.4. The molecule has 33 heavy (non-hydrogen) atoms. The number of fused-ring (bicyclic) bond motifs is 4. The highest BCUT2D eigenvalue weighted by Gasteiger charge is 2.35. The standard InChI is InChI=1S/C28H30ClN3O/c1-30(2)26-12-6-21(7-13-26)16-31-17-22-15-24(19-31)28-23(9-14-27(33)32(28)18-22)8-3-20-4-10-25(29)11-5-20/h3-14,22,24H,15-19H2,1-2H3/b8-3+/t22-,24+/m0/s1. The van der Waals surface area contributed by atoms with Crippen molar-refractivity contribution in [3.8, 4) is 0 Å². The van der Waals surface area contributed by atoms with Gasteiger partial charge in [-0.15, -0.1) is 0 Å². The Morgan fingerprint density at radius 2 is 1.70 bits per heavy atom. The quantitative estimate of drug-likeness (QED) is 0.514. The molecule has 0 saturated carbocycles. The second kappa shape index (κ2) is 9.20. The molecule has 3 heterocycles. The molecule has 1 aromatic heterocycles. The van der Waals surface area contributed by atoms with E-state index in [9.17, 15) is 4.79 Å². The summed E-state index contributed by atoms with van der Waals surface area (Å²) >= 11 is 6.02. The maximum Gasteiger partial charge on any atom is 0.250 e. The molecule has 0 aliphatic carbocycles. The van der Waals surface area contributed by atoms with Gasteiger partial charge in [0, 0.05) is 68.7 Å². The first-order valence-electron chi connectivity index (χ1n) is 11.6. The third kappa shape index (κ3) is 4.78. The Kier molecular flexibility index (Phi) is 6.13. The lowest BCUT2D eigenvalue weighted by molar-refractivity contribution is 0.114. The normalized spacial score (nSPS) is 20.1. The number of aromatic nitrogens is 1. The van der Waals surface area contributed by atoms with Gasteiger partial charge >= 0.3 is 0 Å². The molecule has 1 saturated heterocycles. The van der Waals surface area contributed by atoms with Gasteiger partial charge in [-0.05, 0) is 59.4 Å². The molecule has 1 fully saturated rings. The molecule has 0 unspecified atom stereocenters. The van der Waals surface area contributed by atoms with Gasteiger partial charge in [0.05, 0.1) is 0 Å². The highest BCUT2D eigenvalue weighted by atomic mass is 35.5. The molecule has 5 heteroatoms. The first-order valence-corrected chi connectivity index (χ1v) is 12.0. The van der Waals surface area contributed by atoms with Crippen LogP contribution in [0.4, 0.5) is 5.69 Å². The summed E-state index contributed by atoms with van der Waals surface area (Å²) in [5.74, 6) is 0.891. The van der Waals surface area contributed by atoms with Crippen LogP contribution < -0.4 is 10.5 Å². The zero-order chi connectivity index (χ0) is 22.9. The lowest BCUT2D eigenvalue weighted by Gasteiger charge is -2.43. The van der Waals surface area contributed by atoms with Crippen molar-refractivity contribution < 1.29 is 0 Å². The van der Waals surface area contributed by atoms with Gasteiger partial charge in [0.1, 0.15) is 0 Å². The van der Waals surface area contributed by atoms with Crippen molar-refractivity contribution in [1.82, 2.24) is 9.47 Å². The minimum absolute atomic E-state index is 0.121. The fourth-order valence-corrected chi connectivity index (χ4v) is 5.46. The second-order valence-corrected chi connectivity index (χ2v) is 10.00. The van der Waals surface area contributed by atoms with Crippen LogP contribution in [-0.4, -0.2) is 36.7 Å². The number of halogens is 1. The van der Waals surface area contributed by atoms with Crippen molar-refractivity contribution in [2.45, 2.75) is 25.4 Å². The number of likely N-dealkylation sites (tertiary alicyclic amines) is 1. The number of hydrogen-bond donors (Lipinski definition) is 0. The van der Waals surface area contributed by atoms with Crippen LogP contribution in [0, 0.1) is 5.92 Å². The number of hydrogen-bond acceptors (Lipinski definition) is 3. The van der Waals surface area contributed by atoms with Crippen LogP contribution in [0.5, 0.6) is 0 Å². The van der Waals surface area contributed by atoms with E-state index in [2.05, 4.69) is 60.3 Å². The van der Waals surface area contributed by atoms with Gasteiger partial charge in [0.2, 0.25) is 0 Å². The van der Waals surface area contributed by atoms with Gasteiger partial charge < -0.3 is 9.47 Å². The van der Waals surface area contributed by atoms with Crippen LogP contribution in [0.2, 0.25) is 5.02 Å². The van der Waals surface area contributed by atoms with Gasteiger partial charge in [0.25, 0.3) is 5.56 Å². The molecule has 170 valence electrons. The van der Waals surface area contributed by atoms with E-state index in [0.29, 0.717) is 11.8 Å². The van der Waals surface area contributed by atoms with Gasteiger partial charge in [-0.1, -0.05) is 48.0 Å². The third-order valence-corrected chi connectivity index (χ3v) is 7.13. The lowest BCUT2D eigenvalue weighted by Crippen LogP contribution is -2.47. The number of rotatable bonds is 5. The van der Waals surface area contributed by atoms with E-state index in [1.54, 1.807) is 6.07 Å². The molecule has 2 aromatic carbocycles. The monoisotopic (exact) mass is 459 g/mol. The number of pyridine rings is 1. The molecule has 5 rings (SSSR count). The molecule has 0 N–H and O–H groups in total. The summed E-state index contributed by atoms with van der Waals surface area (Å²) in [5.41, 5.74) is 6.12. The Labute approximate surface area is 200 Å². The molecule has 3 aromatic rings. The summed E-state index contributed by atoms with van der Waals surface area (Å²) in [5, 5.41) is 0.737. The van der Waals surface area contributed by atoms with Crippen LogP contribution in [0.1, 0.15) is 34.7 Å². The molecule has 0 spiro atoms. The van der Waals surface area contributed by atoms with E-state index in [4.69, 9.17) is 11.6 Å². The van der Waals surface area contributed by atoms with Crippen LogP contribution in [-0.2, 0) is 13.1 Å². The molecule has 0 amide bonds. The number of anilines is 1. The highest BCUT2D eigenvalue weighted by Crippen LogP contribution is 2.37. The van der Waals surface area contributed by atoms with E-state index < -0.39 is 0 Å². The molecule has 2 aliphatic heterocycles. The van der Waals surface area contributed by atoms with Gasteiger partial charge in [-0.2, -0.15) is 0 Å².